The Kier molecular flexibility index (Phi) is 4.42. The number of hydrogen-bond acceptors (Lipinski definition) is 5. The SMILES string of the molecule is COC(=O)c1ccc(S(=O)(=O)NC2CCNC2)c(C)c1. The van der Waals surface area contributed by atoms with Crippen LogP contribution in [-0.4, -0.2) is 40.6 Å². The molecule has 0 spiro atoms. The van der Waals surface area contributed by atoms with Crippen LogP contribution in [0, 0.1) is 6.92 Å². The van der Waals surface area contributed by atoms with Gasteiger partial charge >= 0.3 is 5.97 Å². The number of ether oxygens (including phenoxy) is 1. The second-order valence-electron chi connectivity index (χ2n) is 4.78. The number of methoxy groups -OCH3 is 1. The van der Waals surface area contributed by atoms with Crippen molar-refractivity contribution in [2.24, 2.45) is 0 Å². The number of esters is 1. The van der Waals surface area contributed by atoms with Gasteiger partial charge in [0.05, 0.1) is 17.6 Å². The lowest BCUT2D eigenvalue weighted by atomic mass is 10.1. The third-order valence-electron chi connectivity index (χ3n) is 3.27. The van der Waals surface area contributed by atoms with Gasteiger partial charge in [-0.15, -0.1) is 0 Å². The normalized spacial score (nSPS) is 19.0. The van der Waals surface area contributed by atoms with Gasteiger partial charge in [-0.05, 0) is 43.7 Å². The lowest BCUT2D eigenvalue weighted by molar-refractivity contribution is 0.0600. The van der Waals surface area contributed by atoms with E-state index in [1.54, 1.807) is 6.92 Å². The van der Waals surface area contributed by atoms with Crippen LogP contribution in [0.3, 0.4) is 0 Å². The molecule has 1 aliphatic rings. The zero-order chi connectivity index (χ0) is 14.8. The minimum absolute atomic E-state index is 0.0836. The molecular formula is C13H18N2O4S. The van der Waals surface area contributed by atoms with Crippen molar-refractivity contribution in [2.75, 3.05) is 20.2 Å². The van der Waals surface area contributed by atoms with Gasteiger partial charge in [-0.25, -0.2) is 17.9 Å². The Hall–Kier alpha value is -1.44. The second-order valence-corrected chi connectivity index (χ2v) is 6.47. The summed E-state index contributed by atoms with van der Waals surface area (Å²) in [6.07, 6.45) is 0.776. The molecule has 7 heteroatoms. The molecule has 2 N–H and O–H groups in total. The lowest BCUT2D eigenvalue weighted by Gasteiger charge is -2.14. The van der Waals surface area contributed by atoms with Crippen LogP contribution in [0.4, 0.5) is 0 Å². The van der Waals surface area contributed by atoms with Crippen molar-refractivity contribution in [3.63, 3.8) is 0 Å². The Morgan fingerprint density at radius 1 is 1.45 bits per heavy atom. The summed E-state index contributed by atoms with van der Waals surface area (Å²) in [5.74, 6) is -0.481. The quantitative estimate of drug-likeness (QED) is 0.787. The molecule has 1 aromatic rings. The van der Waals surface area contributed by atoms with E-state index in [2.05, 4.69) is 14.8 Å². The van der Waals surface area contributed by atoms with Crippen molar-refractivity contribution in [3.05, 3.63) is 29.3 Å². The van der Waals surface area contributed by atoms with Crippen LogP contribution in [0.5, 0.6) is 0 Å². The van der Waals surface area contributed by atoms with Gasteiger partial charge in [-0.2, -0.15) is 0 Å². The molecule has 0 saturated carbocycles. The van der Waals surface area contributed by atoms with E-state index in [-0.39, 0.29) is 10.9 Å². The molecule has 1 saturated heterocycles. The van der Waals surface area contributed by atoms with E-state index in [9.17, 15) is 13.2 Å². The van der Waals surface area contributed by atoms with Crippen molar-refractivity contribution in [2.45, 2.75) is 24.3 Å². The average molecular weight is 298 g/mol. The highest BCUT2D eigenvalue weighted by Crippen LogP contribution is 2.18. The number of nitrogens with one attached hydrogen (secondary N) is 2. The summed E-state index contributed by atoms with van der Waals surface area (Å²) >= 11 is 0. The Labute approximate surface area is 118 Å². The van der Waals surface area contributed by atoms with Crippen LogP contribution in [-0.2, 0) is 14.8 Å². The first-order chi connectivity index (χ1) is 9.44. The third kappa shape index (κ3) is 3.17. The van der Waals surface area contributed by atoms with E-state index in [0.29, 0.717) is 17.7 Å². The van der Waals surface area contributed by atoms with Gasteiger partial charge in [0.2, 0.25) is 10.0 Å². The highest BCUT2D eigenvalue weighted by molar-refractivity contribution is 7.89. The summed E-state index contributed by atoms with van der Waals surface area (Å²) in [5, 5.41) is 3.10. The fraction of sp³-hybridized carbons (Fsp3) is 0.462. The minimum atomic E-state index is -3.57. The standard InChI is InChI=1S/C13H18N2O4S/c1-9-7-10(13(16)19-2)3-4-12(9)20(17,18)15-11-5-6-14-8-11/h3-4,7,11,14-15H,5-6,8H2,1-2H3. The highest BCUT2D eigenvalue weighted by atomic mass is 32.2. The summed E-state index contributed by atoms with van der Waals surface area (Å²) in [7, 11) is -2.28. The Morgan fingerprint density at radius 2 is 2.20 bits per heavy atom. The maximum absolute atomic E-state index is 12.3. The van der Waals surface area contributed by atoms with Crippen LogP contribution >= 0.6 is 0 Å². The zero-order valence-electron chi connectivity index (χ0n) is 11.5. The molecular weight excluding hydrogens is 280 g/mol. The molecule has 1 unspecified atom stereocenters. The first-order valence-corrected chi connectivity index (χ1v) is 7.84. The van der Waals surface area contributed by atoms with E-state index < -0.39 is 16.0 Å². The van der Waals surface area contributed by atoms with E-state index in [1.165, 1.54) is 25.3 Å². The molecule has 1 aromatic carbocycles. The fourth-order valence-corrected chi connectivity index (χ4v) is 3.73. The molecule has 0 bridgehead atoms. The monoisotopic (exact) mass is 298 g/mol. The third-order valence-corrected chi connectivity index (χ3v) is 4.95. The molecule has 110 valence electrons. The lowest BCUT2D eigenvalue weighted by Crippen LogP contribution is -2.36. The summed E-state index contributed by atoms with van der Waals surface area (Å²) in [6.45, 7) is 3.11. The number of benzene rings is 1. The smallest absolute Gasteiger partial charge is 0.337 e. The molecule has 1 aliphatic heterocycles. The van der Waals surface area contributed by atoms with Crippen molar-refractivity contribution < 1.29 is 17.9 Å². The number of aryl methyl sites for hydroxylation is 1. The first-order valence-electron chi connectivity index (χ1n) is 6.36. The van der Waals surface area contributed by atoms with Crippen LogP contribution in [0.1, 0.15) is 22.3 Å². The van der Waals surface area contributed by atoms with Gasteiger partial charge in [0.1, 0.15) is 0 Å². The van der Waals surface area contributed by atoms with E-state index in [4.69, 9.17) is 0 Å². The maximum Gasteiger partial charge on any atom is 0.337 e. The van der Waals surface area contributed by atoms with Gasteiger partial charge in [-0.3, -0.25) is 0 Å². The number of sulfonamides is 1. The molecule has 0 amide bonds. The summed E-state index contributed by atoms with van der Waals surface area (Å²) in [4.78, 5) is 11.6. The molecule has 1 atom stereocenters. The van der Waals surface area contributed by atoms with Gasteiger partial charge in [0.25, 0.3) is 0 Å². The number of rotatable bonds is 4. The molecule has 0 aromatic heterocycles. The van der Waals surface area contributed by atoms with Gasteiger partial charge in [0, 0.05) is 12.6 Å². The van der Waals surface area contributed by atoms with E-state index >= 15 is 0 Å². The fourth-order valence-electron chi connectivity index (χ4n) is 2.23. The maximum atomic E-state index is 12.3. The molecule has 2 rings (SSSR count). The summed E-state index contributed by atoms with van der Waals surface area (Å²) in [5.41, 5.74) is 0.859. The highest BCUT2D eigenvalue weighted by Gasteiger charge is 2.24. The zero-order valence-corrected chi connectivity index (χ0v) is 12.3. The van der Waals surface area contributed by atoms with Crippen LogP contribution in [0.25, 0.3) is 0 Å². The van der Waals surface area contributed by atoms with E-state index in [0.717, 1.165) is 13.0 Å². The molecule has 1 heterocycles. The van der Waals surface area contributed by atoms with Crippen molar-refractivity contribution >= 4 is 16.0 Å². The minimum Gasteiger partial charge on any atom is -0.465 e. The summed E-state index contributed by atoms with van der Waals surface area (Å²) in [6, 6.07) is 4.33. The average Bonchev–Trinajstić information content (AvgIpc) is 2.89. The van der Waals surface area contributed by atoms with Crippen molar-refractivity contribution in [1.29, 1.82) is 0 Å². The second kappa shape index (κ2) is 5.90. The van der Waals surface area contributed by atoms with E-state index in [1.807, 2.05) is 0 Å². The van der Waals surface area contributed by atoms with Gasteiger partial charge in [-0.1, -0.05) is 0 Å². The summed E-state index contributed by atoms with van der Waals surface area (Å²) < 4.78 is 31.9. The Morgan fingerprint density at radius 3 is 2.75 bits per heavy atom. The van der Waals surface area contributed by atoms with Crippen LogP contribution in [0.15, 0.2) is 23.1 Å². The number of carbonyl (C=O) groups excluding carboxylic acids is 1. The van der Waals surface area contributed by atoms with Crippen LogP contribution in [0.2, 0.25) is 0 Å². The van der Waals surface area contributed by atoms with Crippen molar-refractivity contribution in [3.8, 4) is 0 Å². The predicted molar refractivity (Wildman–Crippen MR) is 74.1 cm³/mol. The van der Waals surface area contributed by atoms with Crippen LogP contribution < -0.4 is 10.0 Å². The first kappa shape index (κ1) is 15.0. The van der Waals surface area contributed by atoms with Crippen molar-refractivity contribution in [1.82, 2.24) is 10.0 Å². The topological polar surface area (TPSA) is 84.5 Å². The molecule has 0 radical (unpaired) electrons. The Bertz CT molecular complexity index is 607. The predicted octanol–water partition coefficient (Wildman–Crippen LogP) is 0.422. The molecule has 1 fully saturated rings. The van der Waals surface area contributed by atoms with Gasteiger partial charge in [0.15, 0.2) is 0 Å². The number of hydrogen-bond donors (Lipinski definition) is 2. The van der Waals surface area contributed by atoms with Gasteiger partial charge < -0.3 is 10.1 Å². The molecule has 20 heavy (non-hydrogen) atoms. The largest absolute Gasteiger partial charge is 0.465 e. The molecule has 0 aliphatic carbocycles. The number of carbonyl (C=O) groups is 1. The Balaban J connectivity index is 2.25. The molecule has 6 nitrogen and oxygen atoms in total.